The molecule has 0 aliphatic heterocycles. The second kappa shape index (κ2) is 11.2. The van der Waals surface area contributed by atoms with Crippen LogP contribution >= 0.6 is 0 Å². The smallest absolute Gasteiger partial charge is 0.220 e. The highest BCUT2D eigenvalue weighted by molar-refractivity contribution is 5.75. The molecule has 0 radical (unpaired) electrons. The first-order chi connectivity index (χ1) is 8.13. The average molecular weight is 241 g/mol. The van der Waals surface area contributed by atoms with E-state index in [0.717, 1.165) is 11.4 Å². The van der Waals surface area contributed by atoms with Crippen LogP contribution in [-0.2, 0) is 18.4 Å². The first-order valence-electron chi connectivity index (χ1n) is 6.39. The van der Waals surface area contributed by atoms with Crippen molar-refractivity contribution in [2.75, 3.05) is 0 Å². The topological polar surface area (TPSA) is 46.9 Å². The molecule has 4 nitrogen and oxygen atoms in total. The highest BCUT2D eigenvalue weighted by Crippen LogP contribution is 2.00. The standard InChI is InChI=1S/C9H15N3O.2C2H6/c1-4-9(13)10-6-8-5-7(2)12(3)11-8;2*1-2/h5H,4,6H2,1-3H3,(H,10,13);2*1-2H3. The Morgan fingerprint density at radius 2 is 1.88 bits per heavy atom. The van der Waals surface area contributed by atoms with Gasteiger partial charge in [0, 0.05) is 19.2 Å². The van der Waals surface area contributed by atoms with Crippen LogP contribution in [-0.4, -0.2) is 15.7 Å². The lowest BCUT2D eigenvalue weighted by molar-refractivity contribution is -0.120. The number of hydrogen-bond acceptors (Lipinski definition) is 2. The summed E-state index contributed by atoms with van der Waals surface area (Å²) < 4.78 is 1.80. The van der Waals surface area contributed by atoms with E-state index < -0.39 is 0 Å². The monoisotopic (exact) mass is 241 g/mol. The number of carbonyl (C=O) groups excluding carboxylic acids is 1. The van der Waals surface area contributed by atoms with E-state index in [1.165, 1.54) is 0 Å². The molecule has 4 heteroatoms. The maximum Gasteiger partial charge on any atom is 0.220 e. The van der Waals surface area contributed by atoms with E-state index in [4.69, 9.17) is 0 Å². The molecule has 1 N–H and O–H groups in total. The molecule has 0 aromatic carbocycles. The van der Waals surface area contributed by atoms with Crippen LogP contribution in [0.4, 0.5) is 0 Å². The van der Waals surface area contributed by atoms with Gasteiger partial charge in [-0.15, -0.1) is 0 Å². The summed E-state index contributed by atoms with van der Waals surface area (Å²) in [5.74, 6) is 0.0586. The zero-order valence-electron chi connectivity index (χ0n) is 12.3. The summed E-state index contributed by atoms with van der Waals surface area (Å²) in [7, 11) is 1.89. The predicted molar refractivity (Wildman–Crippen MR) is 72.8 cm³/mol. The summed E-state index contributed by atoms with van der Waals surface area (Å²) in [6.45, 7) is 12.3. The van der Waals surface area contributed by atoms with Crippen LogP contribution in [0, 0.1) is 6.92 Å². The second-order valence-corrected chi connectivity index (χ2v) is 3.03. The molecule has 0 saturated heterocycles. The molecule has 0 atom stereocenters. The van der Waals surface area contributed by atoms with E-state index in [9.17, 15) is 4.79 Å². The van der Waals surface area contributed by atoms with Gasteiger partial charge in [-0.2, -0.15) is 5.10 Å². The molecule has 0 unspecified atom stereocenters. The van der Waals surface area contributed by atoms with Crippen molar-refractivity contribution in [2.24, 2.45) is 7.05 Å². The lowest BCUT2D eigenvalue weighted by atomic mass is 10.3. The van der Waals surface area contributed by atoms with Crippen molar-refractivity contribution in [2.45, 2.75) is 54.5 Å². The lowest BCUT2D eigenvalue weighted by Gasteiger charge is -1.98. The van der Waals surface area contributed by atoms with E-state index in [-0.39, 0.29) is 5.91 Å². The number of amides is 1. The summed E-state index contributed by atoms with van der Waals surface area (Å²) >= 11 is 0. The molecular formula is C13H27N3O. The molecule has 0 spiro atoms. The van der Waals surface area contributed by atoms with Crippen molar-refractivity contribution >= 4 is 5.91 Å². The summed E-state index contributed by atoms with van der Waals surface area (Å²) in [4.78, 5) is 10.9. The van der Waals surface area contributed by atoms with Crippen LogP contribution < -0.4 is 5.32 Å². The van der Waals surface area contributed by atoms with Gasteiger partial charge in [0.05, 0.1) is 12.2 Å². The lowest BCUT2D eigenvalue weighted by Crippen LogP contribution is -2.21. The van der Waals surface area contributed by atoms with Gasteiger partial charge in [0.1, 0.15) is 0 Å². The quantitative estimate of drug-likeness (QED) is 0.884. The van der Waals surface area contributed by atoms with E-state index in [2.05, 4.69) is 10.4 Å². The van der Waals surface area contributed by atoms with Gasteiger partial charge in [-0.3, -0.25) is 9.48 Å². The highest BCUT2D eigenvalue weighted by Gasteiger charge is 2.02. The molecule has 1 heterocycles. The Labute approximate surface area is 105 Å². The minimum atomic E-state index is 0.0586. The molecule has 1 rings (SSSR count). The Hall–Kier alpha value is -1.32. The maximum atomic E-state index is 10.9. The van der Waals surface area contributed by atoms with Crippen LogP contribution in [0.3, 0.4) is 0 Å². The van der Waals surface area contributed by atoms with Gasteiger partial charge in [-0.25, -0.2) is 0 Å². The van der Waals surface area contributed by atoms with E-state index in [1.54, 1.807) is 4.68 Å². The number of rotatable bonds is 3. The van der Waals surface area contributed by atoms with Gasteiger partial charge >= 0.3 is 0 Å². The van der Waals surface area contributed by atoms with Crippen LogP contribution in [0.25, 0.3) is 0 Å². The van der Waals surface area contributed by atoms with Crippen molar-refractivity contribution < 1.29 is 4.79 Å². The van der Waals surface area contributed by atoms with Crippen molar-refractivity contribution in [3.05, 3.63) is 17.5 Å². The molecule has 0 aliphatic rings. The van der Waals surface area contributed by atoms with Gasteiger partial charge < -0.3 is 5.32 Å². The highest BCUT2D eigenvalue weighted by atomic mass is 16.1. The Morgan fingerprint density at radius 1 is 1.35 bits per heavy atom. The van der Waals surface area contributed by atoms with Gasteiger partial charge in [-0.1, -0.05) is 34.6 Å². The maximum absolute atomic E-state index is 10.9. The normalized spacial score (nSPS) is 8.41. The van der Waals surface area contributed by atoms with E-state index in [0.29, 0.717) is 13.0 Å². The molecule has 0 fully saturated rings. The number of aryl methyl sites for hydroxylation is 2. The Kier molecular flexibility index (Phi) is 11.9. The predicted octanol–water partition coefficient (Wildman–Crippen LogP) is 2.81. The van der Waals surface area contributed by atoms with Crippen LogP contribution in [0.1, 0.15) is 52.4 Å². The molecule has 1 aromatic heterocycles. The van der Waals surface area contributed by atoms with Crippen molar-refractivity contribution in [1.82, 2.24) is 15.1 Å². The Bertz CT molecular complexity index is 286. The number of hydrogen-bond donors (Lipinski definition) is 1. The van der Waals surface area contributed by atoms with Crippen LogP contribution in [0.2, 0.25) is 0 Å². The van der Waals surface area contributed by atoms with Crippen LogP contribution in [0.5, 0.6) is 0 Å². The summed E-state index contributed by atoms with van der Waals surface area (Å²) in [5, 5.41) is 6.99. The second-order valence-electron chi connectivity index (χ2n) is 3.03. The molecule has 0 bridgehead atoms. The number of nitrogens with zero attached hydrogens (tertiary/aromatic N) is 2. The SMILES string of the molecule is CC.CC.CCC(=O)NCc1cc(C)n(C)n1. The summed E-state index contributed by atoms with van der Waals surface area (Å²) in [6, 6.07) is 1.97. The fraction of sp³-hybridized carbons (Fsp3) is 0.692. The zero-order chi connectivity index (χ0) is 13.8. The van der Waals surface area contributed by atoms with Gasteiger partial charge in [0.25, 0.3) is 0 Å². The van der Waals surface area contributed by atoms with Crippen LogP contribution in [0.15, 0.2) is 6.07 Å². The third-order valence-corrected chi connectivity index (χ3v) is 1.95. The largest absolute Gasteiger partial charge is 0.350 e. The van der Waals surface area contributed by atoms with Crippen molar-refractivity contribution in [3.63, 3.8) is 0 Å². The molecule has 100 valence electrons. The van der Waals surface area contributed by atoms with E-state index >= 15 is 0 Å². The third-order valence-electron chi connectivity index (χ3n) is 1.95. The molecule has 17 heavy (non-hydrogen) atoms. The summed E-state index contributed by atoms with van der Waals surface area (Å²) in [5.41, 5.74) is 2.00. The number of carbonyl (C=O) groups is 1. The minimum absolute atomic E-state index is 0.0586. The summed E-state index contributed by atoms with van der Waals surface area (Å²) in [6.07, 6.45) is 0.520. The van der Waals surface area contributed by atoms with E-state index in [1.807, 2.05) is 54.7 Å². The van der Waals surface area contributed by atoms with Crippen molar-refractivity contribution in [3.8, 4) is 0 Å². The molecule has 1 amide bonds. The zero-order valence-corrected chi connectivity index (χ0v) is 12.3. The average Bonchev–Trinajstić information content (AvgIpc) is 2.71. The Morgan fingerprint density at radius 3 is 2.24 bits per heavy atom. The molecule has 1 aromatic rings. The fourth-order valence-corrected chi connectivity index (χ4v) is 1.04. The molecule has 0 saturated carbocycles. The Balaban J connectivity index is 0. The third kappa shape index (κ3) is 7.55. The first-order valence-corrected chi connectivity index (χ1v) is 6.39. The number of aromatic nitrogens is 2. The van der Waals surface area contributed by atoms with Gasteiger partial charge in [0.2, 0.25) is 5.91 Å². The first kappa shape index (κ1) is 18.1. The molecule has 0 aliphatic carbocycles. The number of nitrogens with one attached hydrogen (secondary N) is 1. The van der Waals surface area contributed by atoms with Crippen molar-refractivity contribution in [1.29, 1.82) is 0 Å². The fourth-order valence-electron chi connectivity index (χ4n) is 1.04. The molecular weight excluding hydrogens is 214 g/mol. The van der Waals surface area contributed by atoms with Gasteiger partial charge in [-0.05, 0) is 13.0 Å². The van der Waals surface area contributed by atoms with Gasteiger partial charge in [0.15, 0.2) is 0 Å². The minimum Gasteiger partial charge on any atom is -0.350 e.